The van der Waals surface area contributed by atoms with Crippen LogP contribution in [0.1, 0.15) is 41.7 Å². The van der Waals surface area contributed by atoms with Gasteiger partial charge in [0.1, 0.15) is 5.82 Å². The maximum absolute atomic E-state index is 13.8. The predicted octanol–water partition coefficient (Wildman–Crippen LogP) is 3.87. The normalized spacial score (nSPS) is 14.6. The molecule has 0 bridgehead atoms. The molecular formula is C19H20FNO3. The third kappa shape index (κ3) is 3.50. The maximum Gasteiger partial charge on any atom is 0.254 e. The largest absolute Gasteiger partial charge is 0.490 e. The first-order valence-corrected chi connectivity index (χ1v) is 8.14. The minimum atomic E-state index is -0.525. The zero-order chi connectivity index (χ0) is 16.9. The van der Waals surface area contributed by atoms with Crippen molar-refractivity contribution in [1.82, 2.24) is 5.32 Å². The van der Waals surface area contributed by atoms with E-state index < -0.39 is 11.7 Å². The summed E-state index contributed by atoms with van der Waals surface area (Å²) in [6, 6.07) is 11.4. The van der Waals surface area contributed by atoms with E-state index in [-0.39, 0.29) is 11.6 Å². The van der Waals surface area contributed by atoms with Crippen molar-refractivity contribution in [3.05, 3.63) is 59.4 Å². The molecule has 126 valence electrons. The number of carbonyl (C=O) groups excluding carboxylic acids is 1. The number of rotatable bonds is 4. The van der Waals surface area contributed by atoms with Gasteiger partial charge in [0.05, 0.1) is 24.8 Å². The van der Waals surface area contributed by atoms with Crippen molar-refractivity contribution in [1.29, 1.82) is 0 Å². The molecule has 0 radical (unpaired) electrons. The van der Waals surface area contributed by atoms with Gasteiger partial charge < -0.3 is 14.8 Å². The summed E-state index contributed by atoms with van der Waals surface area (Å²) < 4.78 is 25.1. The smallest absolute Gasteiger partial charge is 0.254 e. The fourth-order valence-electron chi connectivity index (χ4n) is 2.70. The second-order valence-corrected chi connectivity index (χ2v) is 5.67. The summed E-state index contributed by atoms with van der Waals surface area (Å²) in [4.78, 5) is 12.3. The number of amides is 1. The number of carbonyl (C=O) groups is 1. The van der Waals surface area contributed by atoms with Gasteiger partial charge in [-0.15, -0.1) is 0 Å². The van der Waals surface area contributed by atoms with Crippen molar-refractivity contribution in [2.45, 2.75) is 25.8 Å². The fourth-order valence-corrected chi connectivity index (χ4v) is 2.70. The van der Waals surface area contributed by atoms with E-state index in [1.807, 2.05) is 25.1 Å². The van der Waals surface area contributed by atoms with Crippen LogP contribution in [0, 0.1) is 5.82 Å². The highest BCUT2D eigenvalue weighted by Gasteiger charge is 2.19. The molecule has 2 aromatic carbocycles. The second kappa shape index (κ2) is 7.34. The van der Waals surface area contributed by atoms with Crippen LogP contribution in [-0.4, -0.2) is 19.1 Å². The third-order valence-corrected chi connectivity index (χ3v) is 4.01. The molecule has 1 atom stereocenters. The fraction of sp³-hybridized carbons (Fsp3) is 0.316. The van der Waals surface area contributed by atoms with Gasteiger partial charge in [-0.1, -0.05) is 25.1 Å². The average molecular weight is 329 g/mol. The van der Waals surface area contributed by atoms with Crippen molar-refractivity contribution < 1.29 is 18.7 Å². The minimum absolute atomic E-state index is 0.0466. The number of hydrogen-bond donors (Lipinski definition) is 1. The van der Waals surface area contributed by atoms with Crippen molar-refractivity contribution in [3.8, 4) is 11.5 Å². The summed E-state index contributed by atoms with van der Waals surface area (Å²) in [5.41, 5.74) is 0.955. The molecule has 1 aliphatic heterocycles. The van der Waals surface area contributed by atoms with Gasteiger partial charge in [0, 0.05) is 6.42 Å². The van der Waals surface area contributed by atoms with Crippen molar-refractivity contribution >= 4 is 5.91 Å². The van der Waals surface area contributed by atoms with E-state index in [9.17, 15) is 9.18 Å². The highest BCUT2D eigenvalue weighted by molar-refractivity contribution is 5.94. The van der Waals surface area contributed by atoms with E-state index in [2.05, 4.69) is 5.32 Å². The van der Waals surface area contributed by atoms with Crippen LogP contribution in [0.4, 0.5) is 4.39 Å². The Morgan fingerprint density at radius 2 is 1.92 bits per heavy atom. The molecule has 1 amide bonds. The number of fused-ring (bicyclic) bond motifs is 1. The van der Waals surface area contributed by atoms with Crippen LogP contribution < -0.4 is 14.8 Å². The molecule has 0 aromatic heterocycles. The highest BCUT2D eigenvalue weighted by Crippen LogP contribution is 2.33. The van der Waals surface area contributed by atoms with Gasteiger partial charge in [0.2, 0.25) is 0 Å². The van der Waals surface area contributed by atoms with Gasteiger partial charge in [-0.05, 0) is 36.2 Å². The third-order valence-electron chi connectivity index (χ3n) is 4.01. The Hall–Kier alpha value is -2.56. The van der Waals surface area contributed by atoms with Gasteiger partial charge in [0.15, 0.2) is 11.5 Å². The zero-order valence-corrected chi connectivity index (χ0v) is 13.5. The summed E-state index contributed by atoms with van der Waals surface area (Å²) >= 11 is 0. The lowest BCUT2D eigenvalue weighted by Gasteiger charge is -2.19. The molecule has 0 aliphatic carbocycles. The number of halogens is 1. The molecule has 0 saturated heterocycles. The number of nitrogens with one attached hydrogen (secondary N) is 1. The molecule has 0 saturated carbocycles. The summed E-state index contributed by atoms with van der Waals surface area (Å²) in [5.74, 6) is 0.450. The van der Waals surface area contributed by atoms with Crippen molar-refractivity contribution in [2.75, 3.05) is 13.2 Å². The second-order valence-electron chi connectivity index (χ2n) is 5.67. The summed E-state index contributed by atoms with van der Waals surface area (Å²) in [5, 5.41) is 2.89. The van der Waals surface area contributed by atoms with Gasteiger partial charge >= 0.3 is 0 Å². The molecule has 1 aliphatic rings. The van der Waals surface area contributed by atoms with Crippen LogP contribution in [0.5, 0.6) is 11.5 Å². The molecule has 1 N–H and O–H groups in total. The Kier molecular flexibility index (Phi) is 4.99. The van der Waals surface area contributed by atoms with Crippen LogP contribution in [0.2, 0.25) is 0 Å². The first-order chi connectivity index (χ1) is 11.7. The Labute approximate surface area is 140 Å². The highest BCUT2D eigenvalue weighted by atomic mass is 19.1. The van der Waals surface area contributed by atoms with E-state index in [1.54, 1.807) is 12.1 Å². The van der Waals surface area contributed by atoms with E-state index >= 15 is 0 Å². The van der Waals surface area contributed by atoms with Crippen LogP contribution >= 0.6 is 0 Å². The molecule has 3 rings (SSSR count). The van der Waals surface area contributed by atoms with Crippen LogP contribution in [0.15, 0.2) is 42.5 Å². The molecule has 1 unspecified atom stereocenters. The predicted molar refractivity (Wildman–Crippen MR) is 88.9 cm³/mol. The van der Waals surface area contributed by atoms with E-state index in [0.29, 0.717) is 31.1 Å². The lowest BCUT2D eigenvalue weighted by atomic mass is 10.0. The molecule has 1 heterocycles. The topological polar surface area (TPSA) is 47.6 Å². The minimum Gasteiger partial charge on any atom is -0.490 e. The number of ether oxygens (including phenoxy) is 2. The molecular weight excluding hydrogens is 309 g/mol. The van der Waals surface area contributed by atoms with Gasteiger partial charge in [-0.3, -0.25) is 4.79 Å². The molecule has 2 aromatic rings. The molecule has 0 spiro atoms. The Balaban J connectivity index is 1.80. The summed E-state index contributed by atoms with van der Waals surface area (Å²) in [6.45, 7) is 3.21. The van der Waals surface area contributed by atoms with Gasteiger partial charge in [0.25, 0.3) is 5.91 Å². The summed E-state index contributed by atoms with van der Waals surface area (Å²) in [7, 11) is 0. The Bertz CT molecular complexity index is 732. The Morgan fingerprint density at radius 3 is 2.67 bits per heavy atom. The van der Waals surface area contributed by atoms with E-state index in [4.69, 9.17) is 9.47 Å². The van der Waals surface area contributed by atoms with Gasteiger partial charge in [-0.25, -0.2) is 4.39 Å². The quantitative estimate of drug-likeness (QED) is 0.926. The average Bonchev–Trinajstić information content (AvgIpc) is 2.84. The van der Waals surface area contributed by atoms with Crippen molar-refractivity contribution in [3.63, 3.8) is 0 Å². The number of benzene rings is 2. The van der Waals surface area contributed by atoms with Crippen LogP contribution in [-0.2, 0) is 0 Å². The van der Waals surface area contributed by atoms with Crippen LogP contribution in [0.3, 0.4) is 0 Å². The maximum atomic E-state index is 13.8. The first-order valence-electron chi connectivity index (χ1n) is 8.14. The van der Waals surface area contributed by atoms with E-state index in [0.717, 1.165) is 12.0 Å². The SMILES string of the molecule is CCC(NC(=O)c1ccccc1F)c1ccc2c(c1)OCCCO2. The zero-order valence-electron chi connectivity index (χ0n) is 13.5. The Morgan fingerprint density at radius 1 is 1.17 bits per heavy atom. The molecule has 0 fully saturated rings. The lowest BCUT2D eigenvalue weighted by molar-refractivity contribution is 0.0931. The standard InChI is InChI=1S/C19H20FNO3/c1-2-16(21-19(22)14-6-3-4-7-15(14)20)13-8-9-17-18(12-13)24-11-5-10-23-17/h3-4,6-9,12,16H,2,5,10-11H2,1H3,(H,21,22). The summed E-state index contributed by atoms with van der Waals surface area (Å²) in [6.07, 6.45) is 1.52. The van der Waals surface area contributed by atoms with Crippen LogP contribution in [0.25, 0.3) is 0 Å². The first kappa shape index (κ1) is 16.3. The molecule has 5 heteroatoms. The lowest BCUT2D eigenvalue weighted by Crippen LogP contribution is -2.28. The number of hydrogen-bond acceptors (Lipinski definition) is 3. The molecule has 4 nitrogen and oxygen atoms in total. The van der Waals surface area contributed by atoms with Crippen molar-refractivity contribution in [2.24, 2.45) is 0 Å². The van der Waals surface area contributed by atoms with Gasteiger partial charge in [-0.2, -0.15) is 0 Å². The molecule has 24 heavy (non-hydrogen) atoms. The monoisotopic (exact) mass is 329 g/mol. The van der Waals surface area contributed by atoms with E-state index in [1.165, 1.54) is 12.1 Å².